The smallest absolute Gasteiger partial charge is 0.262 e. The molecule has 1 fully saturated rings. The zero-order valence-electron chi connectivity index (χ0n) is 4.89. The fourth-order valence-corrected chi connectivity index (χ4v) is 0.625. The van der Waals surface area contributed by atoms with Crippen LogP contribution in [-0.2, 0) is 9.59 Å². The maximum absolute atomic E-state index is 10.5. The van der Waals surface area contributed by atoms with Crippen molar-refractivity contribution in [1.29, 1.82) is 0 Å². The normalized spacial score (nSPS) is 20.9. The van der Waals surface area contributed by atoms with E-state index in [9.17, 15) is 9.59 Å². The van der Waals surface area contributed by atoms with E-state index in [0.29, 0.717) is 13.0 Å². The summed E-state index contributed by atoms with van der Waals surface area (Å²) in [4.78, 5) is 20.9. The second kappa shape index (κ2) is 2.59. The highest BCUT2D eigenvalue weighted by Gasteiger charge is 2.13. The van der Waals surface area contributed by atoms with Gasteiger partial charge < -0.3 is 5.32 Å². The molecule has 0 bridgehead atoms. The molecular weight excluding hydrogens is 120 g/mol. The summed E-state index contributed by atoms with van der Waals surface area (Å²) in [7, 11) is 0. The number of carbonyl (C=O) groups excluding carboxylic acids is 2. The quantitative estimate of drug-likeness (QED) is 0.409. The monoisotopic (exact) mass is 127 g/mol. The Morgan fingerprint density at radius 2 is 2.11 bits per heavy atom. The lowest BCUT2D eigenvalue weighted by Crippen LogP contribution is -2.26. The van der Waals surface area contributed by atoms with Crippen molar-refractivity contribution in [1.82, 2.24) is 10.6 Å². The van der Waals surface area contributed by atoms with Crippen LogP contribution in [0.15, 0.2) is 0 Å². The molecule has 4 nitrogen and oxygen atoms in total. The van der Waals surface area contributed by atoms with E-state index >= 15 is 0 Å². The van der Waals surface area contributed by atoms with Crippen molar-refractivity contribution in [2.24, 2.45) is 0 Å². The average molecular weight is 127 g/mol. The Balaban J connectivity index is 2.47. The third-order valence-corrected chi connectivity index (χ3v) is 1.04. The third-order valence-electron chi connectivity index (χ3n) is 1.04. The van der Waals surface area contributed by atoms with E-state index in [0.717, 1.165) is 0 Å². The van der Waals surface area contributed by atoms with Crippen LogP contribution >= 0.6 is 0 Å². The van der Waals surface area contributed by atoms with E-state index in [1.807, 2.05) is 0 Å². The molecule has 1 aliphatic heterocycles. The number of hydrogen-bond donors (Lipinski definition) is 1. The zero-order valence-corrected chi connectivity index (χ0v) is 4.89. The van der Waals surface area contributed by atoms with E-state index in [1.54, 1.807) is 0 Å². The van der Waals surface area contributed by atoms with Crippen molar-refractivity contribution < 1.29 is 9.59 Å². The maximum Gasteiger partial charge on any atom is 0.262 e. The predicted molar refractivity (Wildman–Crippen MR) is 29.6 cm³/mol. The average Bonchev–Trinajstić information content (AvgIpc) is 1.93. The lowest BCUT2D eigenvalue weighted by atomic mass is 10.4. The van der Waals surface area contributed by atoms with E-state index in [2.05, 4.69) is 10.6 Å². The molecule has 0 aromatic rings. The molecule has 0 aliphatic carbocycles. The van der Waals surface area contributed by atoms with Gasteiger partial charge in [0.1, 0.15) is 0 Å². The summed E-state index contributed by atoms with van der Waals surface area (Å²) in [5.41, 5.74) is 0. The molecule has 1 heterocycles. The molecule has 2 amide bonds. The summed E-state index contributed by atoms with van der Waals surface area (Å²) in [6.45, 7) is 0.764. The molecule has 0 spiro atoms. The van der Waals surface area contributed by atoms with E-state index in [4.69, 9.17) is 0 Å². The number of hydrogen-bond acceptors (Lipinski definition) is 3. The summed E-state index contributed by atoms with van der Waals surface area (Å²) in [6.07, 6.45) is 0.339. The molecule has 0 aromatic heterocycles. The molecule has 4 heteroatoms. The third kappa shape index (κ3) is 1.81. The van der Waals surface area contributed by atoms with E-state index in [1.165, 1.54) is 0 Å². The zero-order chi connectivity index (χ0) is 6.69. The molecule has 9 heavy (non-hydrogen) atoms. The Hall–Kier alpha value is -0.900. The van der Waals surface area contributed by atoms with Crippen LogP contribution in [-0.4, -0.2) is 24.9 Å². The Labute approximate surface area is 52.6 Å². The Morgan fingerprint density at radius 3 is 2.89 bits per heavy atom. The second-order valence-corrected chi connectivity index (χ2v) is 1.83. The van der Waals surface area contributed by atoms with E-state index < -0.39 is 0 Å². The minimum absolute atomic E-state index is 0.200. The number of nitrogens with one attached hydrogen (secondary N) is 1. The van der Waals surface area contributed by atoms with Crippen LogP contribution < -0.4 is 10.6 Å². The van der Waals surface area contributed by atoms with Crippen LogP contribution in [0.4, 0.5) is 0 Å². The molecule has 1 saturated heterocycles. The number of rotatable bonds is 0. The topological polar surface area (TPSA) is 60.3 Å². The van der Waals surface area contributed by atoms with Crippen LogP contribution in [0.3, 0.4) is 0 Å². The standard InChI is InChI=1S/C5H7N2O2/c8-4-1-2-6-3-5(9)7-4/h6H,1-3H2. The van der Waals surface area contributed by atoms with Crippen molar-refractivity contribution in [3.63, 3.8) is 0 Å². The predicted octanol–water partition coefficient (Wildman–Crippen LogP) is -1.36. The minimum atomic E-state index is -0.363. The number of nitrogens with zero attached hydrogens (tertiary/aromatic N) is 1. The van der Waals surface area contributed by atoms with Gasteiger partial charge in [0.2, 0.25) is 5.91 Å². The van der Waals surface area contributed by atoms with Crippen molar-refractivity contribution in [2.75, 3.05) is 13.1 Å². The summed E-state index contributed by atoms with van der Waals surface area (Å²) < 4.78 is 0. The van der Waals surface area contributed by atoms with Crippen LogP contribution in [0.2, 0.25) is 0 Å². The highest BCUT2D eigenvalue weighted by Crippen LogP contribution is 1.83. The van der Waals surface area contributed by atoms with Crippen molar-refractivity contribution in [3.8, 4) is 0 Å². The van der Waals surface area contributed by atoms with Gasteiger partial charge in [-0.15, -0.1) is 0 Å². The van der Waals surface area contributed by atoms with Gasteiger partial charge in [-0.05, 0) is 0 Å². The summed E-state index contributed by atoms with van der Waals surface area (Å²) in [5, 5.41) is 6.00. The first-order valence-electron chi connectivity index (χ1n) is 2.77. The Morgan fingerprint density at radius 1 is 1.33 bits per heavy atom. The Bertz CT molecular complexity index is 128. The molecule has 1 rings (SSSR count). The van der Waals surface area contributed by atoms with Gasteiger partial charge in [-0.2, -0.15) is 5.32 Å². The largest absolute Gasteiger partial charge is 0.308 e. The summed E-state index contributed by atoms with van der Waals surface area (Å²) in [5.74, 6) is -0.678. The maximum atomic E-state index is 10.5. The van der Waals surface area contributed by atoms with Crippen molar-refractivity contribution in [3.05, 3.63) is 0 Å². The molecule has 1 aliphatic rings. The van der Waals surface area contributed by atoms with Gasteiger partial charge >= 0.3 is 0 Å². The van der Waals surface area contributed by atoms with Gasteiger partial charge in [-0.3, -0.25) is 9.59 Å². The molecule has 0 saturated carbocycles. The lowest BCUT2D eigenvalue weighted by molar-refractivity contribution is -0.129. The van der Waals surface area contributed by atoms with Crippen LogP contribution in [0, 0.1) is 0 Å². The van der Waals surface area contributed by atoms with Gasteiger partial charge in [0.15, 0.2) is 0 Å². The Kier molecular flexibility index (Phi) is 1.79. The molecule has 0 unspecified atom stereocenters. The summed E-state index contributed by atoms with van der Waals surface area (Å²) >= 11 is 0. The molecule has 1 radical (unpaired) electrons. The molecule has 49 valence electrons. The number of imide groups is 1. The van der Waals surface area contributed by atoms with Crippen LogP contribution in [0.1, 0.15) is 6.42 Å². The van der Waals surface area contributed by atoms with Gasteiger partial charge in [-0.1, -0.05) is 0 Å². The van der Waals surface area contributed by atoms with Crippen LogP contribution in [0.5, 0.6) is 0 Å². The molecular formula is C5H7N2O2. The van der Waals surface area contributed by atoms with Gasteiger partial charge in [0.05, 0.1) is 6.54 Å². The number of carbonyl (C=O) groups is 2. The van der Waals surface area contributed by atoms with Crippen molar-refractivity contribution in [2.45, 2.75) is 6.42 Å². The highest BCUT2D eigenvalue weighted by atomic mass is 16.2. The fourth-order valence-electron chi connectivity index (χ4n) is 0.625. The lowest BCUT2D eigenvalue weighted by Gasteiger charge is -1.89. The van der Waals surface area contributed by atoms with Crippen LogP contribution in [0.25, 0.3) is 0 Å². The van der Waals surface area contributed by atoms with Gasteiger partial charge in [0, 0.05) is 13.0 Å². The van der Waals surface area contributed by atoms with E-state index in [-0.39, 0.29) is 18.4 Å². The first-order valence-corrected chi connectivity index (χ1v) is 2.77. The molecule has 1 N–H and O–H groups in total. The molecule has 0 aromatic carbocycles. The second-order valence-electron chi connectivity index (χ2n) is 1.83. The first kappa shape index (κ1) is 6.22. The fraction of sp³-hybridized carbons (Fsp3) is 0.600. The number of amides is 2. The van der Waals surface area contributed by atoms with Crippen molar-refractivity contribution >= 4 is 11.8 Å². The SMILES string of the molecule is O=C1CCNCC(=O)[N]1. The molecule has 0 atom stereocenters. The van der Waals surface area contributed by atoms with Gasteiger partial charge in [0.25, 0.3) is 5.91 Å². The first-order chi connectivity index (χ1) is 4.29. The minimum Gasteiger partial charge on any atom is -0.308 e. The highest BCUT2D eigenvalue weighted by molar-refractivity contribution is 5.96. The summed E-state index contributed by atoms with van der Waals surface area (Å²) in [6, 6.07) is 0. The van der Waals surface area contributed by atoms with Gasteiger partial charge in [-0.25, -0.2) is 0 Å².